The summed E-state index contributed by atoms with van der Waals surface area (Å²) in [5.74, 6) is 0. The van der Waals surface area contributed by atoms with Gasteiger partial charge in [-0.05, 0) is 41.6 Å². The van der Waals surface area contributed by atoms with Crippen LogP contribution in [0, 0.1) is 0 Å². The van der Waals surface area contributed by atoms with E-state index in [1.54, 1.807) is 16.7 Å². The van der Waals surface area contributed by atoms with Crippen LogP contribution in [0.1, 0.15) is 25.0 Å². The third kappa shape index (κ3) is 3.49. The first-order valence-electron chi connectivity index (χ1n) is 5.90. The van der Waals surface area contributed by atoms with Crippen molar-refractivity contribution in [1.29, 1.82) is 0 Å². The second-order valence-electron chi connectivity index (χ2n) is 4.54. The molecule has 0 unspecified atom stereocenters. The van der Waals surface area contributed by atoms with Crippen LogP contribution in [-0.4, -0.2) is 41.5 Å². The van der Waals surface area contributed by atoms with E-state index in [2.05, 4.69) is 25.9 Å². The second-order valence-corrected chi connectivity index (χ2v) is 7.29. The molecule has 1 atom stereocenters. The van der Waals surface area contributed by atoms with E-state index < -0.39 is 10.0 Å². The van der Waals surface area contributed by atoms with Crippen LogP contribution in [0.4, 0.5) is 0 Å². The lowest BCUT2D eigenvalue weighted by Crippen LogP contribution is -2.34. The predicted octanol–water partition coefficient (Wildman–Crippen LogP) is 1.60. The number of aromatic nitrogens is 2. The summed E-state index contributed by atoms with van der Waals surface area (Å²) in [5.41, 5.74) is 0.901. The van der Waals surface area contributed by atoms with Crippen molar-refractivity contribution in [3.05, 3.63) is 22.7 Å². The molecule has 0 aliphatic carbocycles. The van der Waals surface area contributed by atoms with Gasteiger partial charge in [-0.1, -0.05) is 0 Å². The number of hydrogen-bond acceptors (Lipinski definition) is 4. The Morgan fingerprint density at radius 2 is 2.22 bits per heavy atom. The average Bonchev–Trinajstić information content (AvgIpc) is 2.76. The Kier molecular flexibility index (Phi) is 4.34. The van der Waals surface area contributed by atoms with Gasteiger partial charge in [-0.3, -0.25) is 4.98 Å². The van der Waals surface area contributed by atoms with Crippen LogP contribution in [0.5, 0.6) is 0 Å². The number of aryl methyl sites for hydroxylation is 1. The fourth-order valence-electron chi connectivity index (χ4n) is 2.32. The highest BCUT2D eigenvalue weighted by Gasteiger charge is 2.30. The molecule has 2 heterocycles. The van der Waals surface area contributed by atoms with Crippen molar-refractivity contribution in [1.82, 2.24) is 14.3 Å². The Hall–Kier alpha value is -0.530. The van der Waals surface area contributed by atoms with Crippen molar-refractivity contribution in [3.8, 4) is 0 Å². The summed E-state index contributed by atoms with van der Waals surface area (Å²) in [5, 5.41) is 0. The summed E-state index contributed by atoms with van der Waals surface area (Å²) in [6.45, 7) is 0.648. The normalized spacial score (nSPS) is 21.3. The Bertz CT molecular complexity index is 504. The van der Waals surface area contributed by atoms with E-state index in [1.165, 1.54) is 6.26 Å². The quantitative estimate of drug-likeness (QED) is 0.839. The summed E-state index contributed by atoms with van der Waals surface area (Å²) in [6, 6.07) is 0.116. The molecule has 0 saturated carbocycles. The minimum atomic E-state index is -3.07. The molecule has 1 aromatic rings. The van der Waals surface area contributed by atoms with E-state index >= 15 is 0 Å². The maximum Gasteiger partial charge on any atom is 0.211 e. The zero-order valence-corrected chi connectivity index (χ0v) is 12.6. The molecule has 0 aromatic carbocycles. The SMILES string of the molecule is CS(=O)(=O)N1CCC[C@@H]1CCc1cnc(Br)cn1. The molecule has 18 heavy (non-hydrogen) atoms. The monoisotopic (exact) mass is 333 g/mol. The Labute approximate surface area is 116 Å². The maximum atomic E-state index is 11.6. The number of halogens is 1. The molecule has 0 N–H and O–H groups in total. The van der Waals surface area contributed by atoms with Gasteiger partial charge in [-0.2, -0.15) is 4.31 Å². The Morgan fingerprint density at radius 1 is 1.44 bits per heavy atom. The molecule has 0 amide bonds. The highest BCUT2D eigenvalue weighted by Crippen LogP contribution is 2.23. The van der Waals surface area contributed by atoms with Crippen molar-refractivity contribution in [2.24, 2.45) is 0 Å². The first-order valence-corrected chi connectivity index (χ1v) is 8.54. The van der Waals surface area contributed by atoms with E-state index in [4.69, 9.17) is 0 Å². The predicted molar refractivity (Wildman–Crippen MR) is 72.6 cm³/mol. The fourth-order valence-corrected chi connectivity index (χ4v) is 3.73. The van der Waals surface area contributed by atoms with E-state index in [9.17, 15) is 8.42 Å². The van der Waals surface area contributed by atoms with Gasteiger partial charge in [0.25, 0.3) is 0 Å². The molecule has 2 rings (SSSR count). The highest BCUT2D eigenvalue weighted by atomic mass is 79.9. The van der Waals surface area contributed by atoms with Crippen molar-refractivity contribution < 1.29 is 8.42 Å². The van der Waals surface area contributed by atoms with Crippen LogP contribution in [0.3, 0.4) is 0 Å². The standard InChI is InChI=1S/C11H16BrN3O2S/c1-18(16,17)15-6-2-3-10(15)5-4-9-7-14-11(12)8-13-9/h7-8,10H,2-6H2,1H3/t10-/m1/s1. The lowest BCUT2D eigenvalue weighted by molar-refractivity contribution is 0.372. The summed E-state index contributed by atoms with van der Waals surface area (Å²) in [4.78, 5) is 8.36. The third-order valence-electron chi connectivity index (χ3n) is 3.16. The van der Waals surface area contributed by atoms with Crippen LogP contribution in [0.15, 0.2) is 17.0 Å². The maximum absolute atomic E-state index is 11.6. The molecule has 1 aliphatic heterocycles. The molecule has 1 aliphatic rings. The summed E-state index contributed by atoms with van der Waals surface area (Å²) >= 11 is 3.24. The van der Waals surface area contributed by atoms with Gasteiger partial charge in [0.05, 0.1) is 18.1 Å². The summed E-state index contributed by atoms with van der Waals surface area (Å²) in [6.07, 6.45) is 8.13. The number of nitrogens with zero attached hydrogens (tertiary/aromatic N) is 3. The zero-order valence-electron chi connectivity index (χ0n) is 10.2. The molecular formula is C11H16BrN3O2S. The third-order valence-corrected chi connectivity index (χ3v) is 4.90. The molecule has 0 radical (unpaired) electrons. The zero-order chi connectivity index (χ0) is 13.2. The van der Waals surface area contributed by atoms with Crippen LogP contribution >= 0.6 is 15.9 Å². The van der Waals surface area contributed by atoms with Crippen LogP contribution in [0.25, 0.3) is 0 Å². The highest BCUT2D eigenvalue weighted by molar-refractivity contribution is 9.10. The molecule has 0 bridgehead atoms. The van der Waals surface area contributed by atoms with Crippen LogP contribution < -0.4 is 0 Å². The number of hydrogen-bond donors (Lipinski definition) is 0. The van der Waals surface area contributed by atoms with Crippen molar-refractivity contribution >= 4 is 26.0 Å². The van der Waals surface area contributed by atoms with Gasteiger partial charge < -0.3 is 0 Å². The van der Waals surface area contributed by atoms with Crippen molar-refractivity contribution in [3.63, 3.8) is 0 Å². The van der Waals surface area contributed by atoms with Gasteiger partial charge in [-0.15, -0.1) is 0 Å². The summed E-state index contributed by atoms with van der Waals surface area (Å²) in [7, 11) is -3.07. The van der Waals surface area contributed by atoms with Gasteiger partial charge in [0.2, 0.25) is 10.0 Å². The van der Waals surface area contributed by atoms with Gasteiger partial charge in [0.1, 0.15) is 4.60 Å². The van der Waals surface area contributed by atoms with Gasteiger partial charge >= 0.3 is 0 Å². The molecule has 1 saturated heterocycles. The van der Waals surface area contributed by atoms with E-state index in [1.807, 2.05) is 0 Å². The lowest BCUT2D eigenvalue weighted by atomic mass is 10.1. The van der Waals surface area contributed by atoms with E-state index in [-0.39, 0.29) is 6.04 Å². The minimum Gasteiger partial charge on any atom is -0.257 e. The van der Waals surface area contributed by atoms with Gasteiger partial charge in [-0.25, -0.2) is 13.4 Å². The molecule has 5 nitrogen and oxygen atoms in total. The first-order chi connectivity index (χ1) is 8.47. The first kappa shape index (κ1) is 13.9. The second kappa shape index (κ2) is 5.63. The molecular weight excluding hydrogens is 318 g/mol. The number of sulfonamides is 1. The Balaban J connectivity index is 1.96. The smallest absolute Gasteiger partial charge is 0.211 e. The van der Waals surface area contributed by atoms with Crippen LogP contribution in [0.2, 0.25) is 0 Å². The molecule has 0 spiro atoms. The molecule has 7 heteroatoms. The van der Waals surface area contributed by atoms with E-state index in [0.29, 0.717) is 11.1 Å². The largest absolute Gasteiger partial charge is 0.257 e. The minimum absolute atomic E-state index is 0.116. The van der Waals surface area contributed by atoms with Crippen molar-refractivity contribution in [2.75, 3.05) is 12.8 Å². The Morgan fingerprint density at radius 3 is 2.83 bits per heavy atom. The fraction of sp³-hybridized carbons (Fsp3) is 0.636. The van der Waals surface area contributed by atoms with Gasteiger partial charge in [0.15, 0.2) is 0 Å². The molecule has 1 aromatic heterocycles. The average molecular weight is 334 g/mol. The number of rotatable bonds is 4. The topological polar surface area (TPSA) is 63.2 Å². The molecule has 100 valence electrons. The van der Waals surface area contributed by atoms with Crippen LogP contribution in [-0.2, 0) is 16.4 Å². The van der Waals surface area contributed by atoms with E-state index in [0.717, 1.165) is 31.4 Å². The molecule has 1 fully saturated rings. The van der Waals surface area contributed by atoms with Gasteiger partial charge in [0, 0.05) is 18.8 Å². The lowest BCUT2D eigenvalue weighted by Gasteiger charge is -2.21. The summed E-state index contributed by atoms with van der Waals surface area (Å²) < 4.78 is 25.5. The van der Waals surface area contributed by atoms with Crippen molar-refractivity contribution in [2.45, 2.75) is 31.7 Å².